The van der Waals surface area contributed by atoms with E-state index in [2.05, 4.69) is 37.6 Å². The SMILES string of the molecule is CC(C)(C)C1CCC(N)C(Cc2ccsc2)C1. The van der Waals surface area contributed by atoms with Crippen LogP contribution in [-0.2, 0) is 6.42 Å². The Kier molecular flexibility index (Phi) is 3.94. The topological polar surface area (TPSA) is 26.0 Å². The number of nitrogens with two attached hydrogens (primary N) is 1. The summed E-state index contributed by atoms with van der Waals surface area (Å²) in [6.45, 7) is 7.11. The first kappa shape index (κ1) is 13.1. The summed E-state index contributed by atoms with van der Waals surface area (Å²) in [4.78, 5) is 0. The van der Waals surface area contributed by atoms with Crippen LogP contribution in [0.5, 0.6) is 0 Å². The average Bonchev–Trinajstić information content (AvgIpc) is 2.72. The van der Waals surface area contributed by atoms with Gasteiger partial charge < -0.3 is 5.73 Å². The van der Waals surface area contributed by atoms with E-state index in [0.29, 0.717) is 17.4 Å². The summed E-state index contributed by atoms with van der Waals surface area (Å²) in [5, 5.41) is 4.44. The maximum atomic E-state index is 6.30. The second-order valence-electron chi connectivity index (χ2n) is 6.64. The summed E-state index contributed by atoms with van der Waals surface area (Å²) in [5.74, 6) is 1.52. The lowest BCUT2D eigenvalue weighted by atomic mass is 9.66. The summed E-state index contributed by atoms with van der Waals surface area (Å²) in [5.41, 5.74) is 8.22. The summed E-state index contributed by atoms with van der Waals surface area (Å²) in [6.07, 6.45) is 5.00. The zero-order chi connectivity index (χ0) is 12.5. The first-order valence-corrected chi connectivity index (χ1v) is 7.68. The summed E-state index contributed by atoms with van der Waals surface area (Å²) in [7, 11) is 0. The molecule has 0 aliphatic heterocycles. The van der Waals surface area contributed by atoms with Crippen LogP contribution in [0, 0.1) is 17.3 Å². The fourth-order valence-electron chi connectivity index (χ4n) is 3.02. The third-order valence-corrected chi connectivity index (χ3v) is 5.08. The first-order chi connectivity index (χ1) is 7.97. The van der Waals surface area contributed by atoms with Gasteiger partial charge >= 0.3 is 0 Å². The molecule has 0 spiro atoms. The van der Waals surface area contributed by atoms with E-state index in [1.807, 2.05) is 0 Å². The van der Waals surface area contributed by atoms with Gasteiger partial charge in [0, 0.05) is 6.04 Å². The fourth-order valence-corrected chi connectivity index (χ4v) is 3.70. The third kappa shape index (κ3) is 3.32. The van der Waals surface area contributed by atoms with E-state index < -0.39 is 0 Å². The normalized spacial score (nSPS) is 30.5. The van der Waals surface area contributed by atoms with Crippen LogP contribution in [0.3, 0.4) is 0 Å². The van der Waals surface area contributed by atoms with E-state index in [9.17, 15) is 0 Å². The zero-order valence-electron chi connectivity index (χ0n) is 11.3. The fraction of sp³-hybridized carbons (Fsp3) is 0.733. The van der Waals surface area contributed by atoms with E-state index in [-0.39, 0.29) is 0 Å². The largest absolute Gasteiger partial charge is 0.327 e. The van der Waals surface area contributed by atoms with Gasteiger partial charge in [0.15, 0.2) is 0 Å². The first-order valence-electron chi connectivity index (χ1n) is 6.73. The molecule has 1 saturated carbocycles. The Morgan fingerprint density at radius 3 is 2.71 bits per heavy atom. The van der Waals surface area contributed by atoms with Crippen molar-refractivity contribution >= 4 is 11.3 Å². The molecule has 3 unspecified atom stereocenters. The van der Waals surface area contributed by atoms with Gasteiger partial charge in [-0.3, -0.25) is 0 Å². The van der Waals surface area contributed by atoms with Crippen molar-refractivity contribution in [3.8, 4) is 0 Å². The van der Waals surface area contributed by atoms with Gasteiger partial charge in [0.05, 0.1) is 0 Å². The molecule has 0 radical (unpaired) electrons. The van der Waals surface area contributed by atoms with Gasteiger partial charge in [-0.05, 0) is 65.3 Å². The van der Waals surface area contributed by atoms with Gasteiger partial charge in [0.25, 0.3) is 0 Å². The van der Waals surface area contributed by atoms with Crippen LogP contribution in [0.25, 0.3) is 0 Å². The van der Waals surface area contributed by atoms with Crippen molar-refractivity contribution in [2.24, 2.45) is 23.0 Å². The molecule has 1 aliphatic carbocycles. The molecule has 0 saturated heterocycles. The Hall–Kier alpha value is -0.340. The molecular weight excluding hydrogens is 226 g/mol. The molecule has 2 N–H and O–H groups in total. The monoisotopic (exact) mass is 251 g/mol. The maximum Gasteiger partial charge on any atom is 0.00705 e. The molecule has 17 heavy (non-hydrogen) atoms. The average molecular weight is 251 g/mol. The van der Waals surface area contributed by atoms with Crippen molar-refractivity contribution < 1.29 is 0 Å². The highest BCUT2D eigenvalue weighted by Crippen LogP contribution is 2.40. The highest BCUT2D eigenvalue weighted by molar-refractivity contribution is 7.07. The lowest BCUT2D eigenvalue weighted by Gasteiger charge is -2.40. The Labute approximate surface area is 109 Å². The molecule has 1 aliphatic rings. The maximum absolute atomic E-state index is 6.30. The molecule has 2 heteroatoms. The highest BCUT2D eigenvalue weighted by atomic mass is 32.1. The minimum atomic E-state index is 0.411. The predicted octanol–water partition coefficient (Wildman–Crippen LogP) is 4.08. The molecule has 1 nitrogen and oxygen atoms in total. The van der Waals surface area contributed by atoms with Crippen LogP contribution in [0.2, 0.25) is 0 Å². The van der Waals surface area contributed by atoms with Crippen molar-refractivity contribution in [1.29, 1.82) is 0 Å². The second-order valence-corrected chi connectivity index (χ2v) is 7.42. The molecule has 2 rings (SSSR count). The van der Waals surface area contributed by atoms with Crippen molar-refractivity contribution in [3.05, 3.63) is 22.4 Å². The number of hydrogen-bond donors (Lipinski definition) is 1. The van der Waals surface area contributed by atoms with Crippen LogP contribution in [0.4, 0.5) is 0 Å². The van der Waals surface area contributed by atoms with E-state index >= 15 is 0 Å². The molecule has 0 amide bonds. The quantitative estimate of drug-likeness (QED) is 0.842. The van der Waals surface area contributed by atoms with Gasteiger partial charge in [-0.2, -0.15) is 11.3 Å². The molecule has 0 bridgehead atoms. The van der Waals surface area contributed by atoms with Crippen molar-refractivity contribution in [2.75, 3.05) is 0 Å². The molecule has 0 aromatic carbocycles. The number of hydrogen-bond acceptors (Lipinski definition) is 2. The van der Waals surface area contributed by atoms with Gasteiger partial charge in [0.1, 0.15) is 0 Å². The summed E-state index contributed by atoms with van der Waals surface area (Å²) < 4.78 is 0. The van der Waals surface area contributed by atoms with E-state index in [0.717, 1.165) is 5.92 Å². The lowest BCUT2D eigenvalue weighted by Crippen LogP contribution is -2.40. The molecule has 1 aromatic heterocycles. The van der Waals surface area contributed by atoms with Crippen LogP contribution in [0.15, 0.2) is 16.8 Å². The minimum absolute atomic E-state index is 0.411. The second kappa shape index (κ2) is 5.11. The van der Waals surface area contributed by atoms with Crippen LogP contribution < -0.4 is 5.73 Å². The molecule has 1 heterocycles. The van der Waals surface area contributed by atoms with Crippen LogP contribution >= 0.6 is 11.3 Å². The van der Waals surface area contributed by atoms with Crippen molar-refractivity contribution in [1.82, 2.24) is 0 Å². The zero-order valence-corrected chi connectivity index (χ0v) is 12.1. The molecular formula is C15H25NS. The van der Waals surface area contributed by atoms with Crippen molar-refractivity contribution in [2.45, 2.75) is 52.5 Å². The molecule has 3 atom stereocenters. The highest BCUT2D eigenvalue weighted by Gasteiger charge is 2.34. The van der Waals surface area contributed by atoms with E-state index in [1.165, 1.54) is 31.2 Å². The van der Waals surface area contributed by atoms with Gasteiger partial charge in [0.2, 0.25) is 0 Å². The van der Waals surface area contributed by atoms with Gasteiger partial charge in [-0.15, -0.1) is 0 Å². The Morgan fingerprint density at radius 1 is 1.35 bits per heavy atom. The van der Waals surface area contributed by atoms with E-state index in [1.54, 1.807) is 11.3 Å². The lowest BCUT2D eigenvalue weighted by molar-refractivity contribution is 0.127. The third-order valence-electron chi connectivity index (χ3n) is 4.34. The van der Waals surface area contributed by atoms with Crippen LogP contribution in [0.1, 0.15) is 45.6 Å². The summed E-state index contributed by atoms with van der Waals surface area (Å²) >= 11 is 1.79. The van der Waals surface area contributed by atoms with Crippen molar-refractivity contribution in [3.63, 3.8) is 0 Å². The molecule has 1 fully saturated rings. The predicted molar refractivity (Wildman–Crippen MR) is 76.3 cm³/mol. The Morgan fingerprint density at radius 2 is 2.12 bits per heavy atom. The van der Waals surface area contributed by atoms with Crippen LogP contribution in [-0.4, -0.2) is 6.04 Å². The minimum Gasteiger partial charge on any atom is -0.327 e. The smallest absolute Gasteiger partial charge is 0.00705 e. The Balaban J connectivity index is 2.00. The van der Waals surface area contributed by atoms with E-state index in [4.69, 9.17) is 5.73 Å². The summed E-state index contributed by atoms with van der Waals surface area (Å²) in [6, 6.07) is 2.66. The Bertz CT molecular complexity index is 336. The standard InChI is InChI=1S/C15H25NS/c1-15(2,3)13-4-5-14(16)12(9-13)8-11-6-7-17-10-11/h6-7,10,12-14H,4-5,8-9,16H2,1-3H3. The van der Waals surface area contributed by atoms with Gasteiger partial charge in [-0.1, -0.05) is 20.8 Å². The molecule has 1 aromatic rings. The molecule has 96 valence electrons. The number of thiophene rings is 1. The number of rotatable bonds is 2. The van der Waals surface area contributed by atoms with Gasteiger partial charge in [-0.25, -0.2) is 0 Å².